The van der Waals surface area contributed by atoms with Crippen molar-refractivity contribution in [1.29, 1.82) is 0 Å². The molecule has 1 fully saturated rings. The molecule has 3 rings (SSSR count). The van der Waals surface area contributed by atoms with Crippen molar-refractivity contribution in [2.45, 2.75) is 19.4 Å². The van der Waals surface area contributed by atoms with E-state index in [1.165, 1.54) is 0 Å². The van der Waals surface area contributed by atoms with Gasteiger partial charge >= 0.3 is 0 Å². The van der Waals surface area contributed by atoms with E-state index in [9.17, 15) is 9.59 Å². The molecule has 7 heteroatoms. The van der Waals surface area contributed by atoms with E-state index in [2.05, 4.69) is 5.32 Å². The number of carbonyl (C=O) groups is 2. The molecule has 2 aromatic carbocycles. The number of rotatable bonds is 8. The molecule has 0 radical (unpaired) electrons. The van der Waals surface area contributed by atoms with Gasteiger partial charge in [-0.1, -0.05) is 18.2 Å². The zero-order valence-corrected chi connectivity index (χ0v) is 16.7. The van der Waals surface area contributed by atoms with E-state index in [1.54, 1.807) is 12.0 Å². The summed E-state index contributed by atoms with van der Waals surface area (Å²) in [5, 5.41) is 2.89. The molecule has 1 unspecified atom stereocenters. The Hall–Kier alpha value is -3.06. The van der Waals surface area contributed by atoms with Crippen LogP contribution >= 0.6 is 0 Å². The number of benzene rings is 2. The van der Waals surface area contributed by atoms with Gasteiger partial charge in [0.05, 0.1) is 32.8 Å². The molecule has 0 spiro atoms. The van der Waals surface area contributed by atoms with E-state index in [-0.39, 0.29) is 30.9 Å². The second-order valence-electron chi connectivity index (χ2n) is 6.70. The van der Waals surface area contributed by atoms with Gasteiger partial charge in [-0.3, -0.25) is 9.59 Å². The molecule has 1 aliphatic heterocycles. The lowest BCUT2D eigenvalue weighted by molar-refractivity contribution is -0.129. The Balaban J connectivity index is 1.52. The van der Waals surface area contributed by atoms with Crippen molar-refractivity contribution in [3.8, 4) is 11.5 Å². The Morgan fingerprint density at radius 1 is 1.21 bits per heavy atom. The molecule has 1 heterocycles. The smallest absolute Gasteiger partial charge is 0.253 e. The minimum atomic E-state index is -0.275. The van der Waals surface area contributed by atoms with E-state index in [0.717, 1.165) is 17.0 Å². The lowest BCUT2D eigenvalue weighted by atomic mass is 10.1. The molecular weight excluding hydrogens is 372 g/mol. The molecule has 1 saturated heterocycles. The van der Waals surface area contributed by atoms with Crippen LogP contribution in [0.3, 0.4) is 0 Å². The summed E-state index contributed by atoms with van der Waals surface area (Å²) in [5.41, 5.74) is 1.66. The lowest BCUT2D eigenvalue weighted by Gasteiger charge is -2.33. The Labute approximate surface area is 170 Å². The first kappa shape index (κ1) is 20.7. The van der Waals surface area contributed by atoms with E-state index >= 15 is 0 Å². The number of hydrogen-bond donors (Lipinski definition) is 1. The predicted molar refractivity (Wildman–Crippen MR) is 109 cm³/mol. The van der Waals surface area contributed by atoms with Gasteiger partial charge in [-0.05, 0) is 36.8 Å². The van der Waals surface area contributed by atoms with Crippen molar-refractivity contribution in [1.82, 2.24) is 5.32 Å². The topological polar surface area (TPSA) is 77.1 Å². The highest BCUT2D eigenvalue weighted by Gasteiger charge is 2.28. The van der Waals surface area contributed by atoms with Gasteiger partial charge in [-0.25, -0.2) is 0 Å². The van der Waals surface area contributed by atoms with E-state index in [0.29, 0.717) is 25.4 Å². The van der Waals surface area contributed by atoms with Crippen molar-refractivity contribution in [2.24, 2.45) is 0 Å². The summed E-state index contributed by atoms with van der Waals surface area (Å²) in [4.78, 5) is 26.2. The first-order valence-electron chi connectivity index (χ1n) is 9.63. The highest BCUT2D eigenvalue weighted by molar-refractivity contribution is 5.95. The molecule has 2 aromatic rings. The van der Waals surface area contributed by atoms with Crippen LogP contribution in [0.25, 0.3) is 0 Å². The standard InChI is InChI=1S/C22H26N2O5/c1-3-28-18-9-7-16(8-10-18)11-21(25)23-13-20-14-24(22(26)15-29-20)17-5-4-6-19(12-17)27-2/h4-10,12,20H,3,11,13-15H2,1-2H3,(H,23,25). The van der Waals surface area contributed by atoms with Crippen LogP contribution in [0, 0.1) is 0 Å². The third-order valence-corrected chi connectivity index (χ3v) is 4.62. The zero-order chi connectivity index (χ0) is 20.6. The molecular formula is C22H26N2O5. The van der Waals surface area contributed by atoms with Gasteiger partial charge < -0.3 is 24.4 Å². The van der Waals surface area contributed by atoms with Gasteiger partial charge in [0.1, 0.15) is 18.1 Å². The Morgan fingerprint density at radius 2 is 2.00 bits per heavy atom. The van der Waals surface area contributed by atoms with Crippen LogP contribution in [-0.2, 0) is 20.7 Å². The summed E-state index contributed by atoms with van der Waals surface area (Å²) in [6.45, 7) is 3.23. The van der Waals surface area contributed by atoms with Gasteiger partial charge in [-0.15, -0.1) is 0 Å². The van der Waals surface area contributed by atoms with Crippen molar-refractivity contribution in [3.63, 3.8) is 0 Å². The van der Waals surface area contributed by atoms with Crippen LogP contribution in [0.4, 0.5) is 5.69 Å². The van der Waals surface area contributed by atoms with Crippen molar-refractivity contribution in [3.05, 3.63) is 54.1 Å². The second-order valence-corrected chi connectivity index (χ2v) is 6.70. The Bertz CT molecular complexity index is 837. The van der Waals surface area contributed by atoms with Crippen molar-refractivity contribution in [2.75, 3.05) is 38.3 Å². The third-order valence-electron chi connectivity index (χ3n) is 4.62. The summed E-state index contributed by atoms with van der Waals surface area (Å²) in [7, 11) is 1.59. The number of nitrogens with zero attached hydrogens (tertiary/aromatic N) is 1. The molecule has 0 bridgehead atoms. The quantitative estimate of drug-likeness (QED) is 0.738. The maximum absolute atomic E-state index is 12.3. The number of nitrogens with one attached hydrogen (secondary N) is 1. The molecule has 0 aliphatic carbocycles. The lowest BCUT2D eigenvalue weighted by Crippen LogP contribution is -2.50. The monoisotopic (exact) mass is 398 g/mol. The van der Waals surface area contributed by atoms with E-state index in [4.69, 9.17) is 14.2 Å². The number of morpholine rings is 1. The Morgan fingerprint density at radius 3 is 2.72 bits per heavy atom. The van der Waals surface area contributed by atoms with Crippen LogP contribution in [0.5, 0.6) is 11.5 Å². The highest BCUT2D eigenvalue weighted by atomic mass is 16.5. The molecule has 7 nitrogen and oxygen atoms in total. The average Bonchev–Trinajstić information content (AvgIpc) is 2.75. The number of methoxy groups -OCH3 is 1. The minimum Gasteiger partial charge on any atom is -0.497 e. The molecule has 29 heavy (non-hydrogen) atoms. The van der Waals surface area contributed by atoms with Gasteiger partial charge in [0.15, 0.2) is 0 Å². The first-order valence-corrected chi connectivity index (χ1v) is 9.63. The molecule has 0 aromatic heterocycles. The molecule has 154 valence electrons. The summed E-state index contributed by atoms with van der Waals surface area (Å²) in [6, 6.07) is 14.8. The SMILES string of the molecule is CCOc1ccc(CC(=O)NCC2CN(c3cccc(OC)c3)C(=O)CO2)cc1. The number of carbonyl (C=O) groups excluding carboxylic acids is 2. The molecule has 1 aliphatic rings. The largest absolute Gasteiger partial charge is 0.497 e. The summed E-state index contributed by atoms with van der Waals surface area (Å²) in [6.07, 6.45) is 0.000618. The zero-order valence-electron chi connectivity index (χ0n) is 16.7. The average molecular weight is 398 g/mol. The van der Waals surface area contributed by atoms with Crippen LogP contribution in [0.15, 0.2) is 48.5 Å². The number of ether oxygens (including phenoxy) is 3. The van der Waals surface area contributed by atoms with Crippen molar-refractivity contribution >= 4 is 17.5 Å². The second kappa shape index (κ2) is 9.93. The molecule has 2 amide bonds. The highest BCUT2D eigenvalue weighted by Crippen LogP contribution is 2.23. The van der Waals surface area contributed by atoms with Crippen LogP contribution in [0.1, 0.15) is 12.5 Å². The van der Waals surface area contributed by atoms with Crippen LogP contribution in [0.2, 0.25) is 0 Å². The summed E-state index contributed by atoms with van der Waals surface area (Å²) in [5.74, 6) is 1.26. The maximum atomic E-state index is 12.3. The first-order chi connectivity index (χ1) is 14.1. The van der Waals surface area contributed by atoms with Gasteiger partial charge in [-0.2, -0.15) is 0 Å². The van der Waals surface area contributed by atoms with Crippen LogP contribution < -0.4 is 19.7 Å². The third kappa shape index (κ3) is 5.71. The fourth-order valence-electron chi connectivity index (χ4n) is 3.12. The minimum absolute atomic E-state index is 0.0172. The van der Waals surface area contributed by atoms with Gasteiger partial charge in [0, 0.05) is 18.3 Å². The fourth-order valence-corrected chi connectivity index (χ4v) is 3.12. The normalized spacial score (nSPS) is 16.4. The Kier molecular flexibility index (Phi) is 7.08. The van der Waals surface area contributed by atoms with Crippen LogP contribution in [-0.4, -0.2) is 51.3 Å². The van der Waals surface area contributed by atoms with E-state index < -0.39 is 0 Å². The number of anilines is 1. The number of hydrogen-bond acceptors (Lipinski definition) is 5. The van der Waals surface area contributed by atoms with Crippen molar-refractivity contribution < 1.29 is 23.8 Å². The molecule has 1 atom stereocenters. The number of amides is 2. The van der Waals surface area contributed by atoms with E-state index in [1.807, 2.05) is 55.5 Å². The summed E-state index contributed by atoms with van der Waals surface area (Å²) < 4.78 is 16.2. The molecule has 0 saturated carbocycles. The molecule has 1 N–H and O–H groups in total. The van der Waals surface area contributed by atoms with Gasteiger partial charge in [0.25, 0.3) is 5.91 Å². The predicted octanol–water partition coefficient (Wildman–Crippen LogP) is 2.18. The fraction of sp³-hybridized carbons (Fsp3) is 0.364. The summed E-state index contributed by atoms with van der Waals surface area (Å²) >= 11 is 0. The van der Waals surface area contributed by atoms with Gasteiger partial charge in [0.2, 0.25) is 5.91 Å². The maximum Gasteiger partial charge on any atom is 0.253 e.